The second-order valence-corrected chi connectivity index (χ2v) is 9.69. The van der Waals surface area contributed by atoms with Gasteiger partial charge in [-0.3, -0.25) is 9.59 Å². The van der Waals surface area contributed by atoms with Gasteiger partial charge in [-0.05, 0) is 84.5 Å². The quantitative estimate of drug-likeness (QED) is 0.239. The van der Waals surface area contributed by atoms with Gasteiger partial charge in [-0.1, -0.05) is 24.3 Å². The van der Waals surface area contributed by atoms with Crippen LogP contribution in [0.2, 0.25) is 0 Å². The molecule has 0 radical (unpaired) electrons. The summed E-state index contributed by atoms with van der Waals surface area (Å²) < 4.78 is 27.4. The Hall–Kier alpha value is -4.78. The molecule has 1 amide bonds. The van der Waals surface area contributed by atoms with Crippen LogP contribution in [0.1, 0.15) is 43.0 Å². The van der Waals surface area contributed by atoms with Crippen LogP contribution in [0.5, 0.6) is 0 Å². The maximum absolute atomic E-state index is 14.1. The predicted octanol–water partition coefficient (Wildman–Crippen LogP) is 6.49. The van der Waals surface area contributed by atoms with E-state index in [1.165, 1.54) is 12.1 Å². The number of H-pyrrole nitrogens is 1. The number of aryl methyl sites for hydroxylation is 2. The van der Waals surface area contributed by atoms with Crippen molar-refractivity contribution in [1.29, 1.82) is 0 Å². The lowest BCUT2D eigenvalue weighted by atomic mass is 9.96. The average molecular weight is 522 g/mol. The standard InChI is InChI=1S/C32H25F2N3O2/c33-23-9-12-30(28(34)17-23)37-24-10-11-26-20(15-24)7-5-19-6-8-21(16-27(19)31(26)38)32(39)35-14-13-22-18-36-29-4-2-1-3-25(22)29/h1-4,6,8-12,15-18,36-37H,5,7,13-14H2,(H,35,39). The molecule has 1 aliphatic carbocycles. The number of hydrogen-bond donors (Lipinski definition) is 3. The number of carbonyl (C=O) groups excluding carboxylic acids is 2. The monoisotopic (exact) mass is 521 g/mol. The van der Waals surface area contributed by atoms with Gasteiger partial charge in [0.25, 0.3) is 5.91 Å². The van der Waals surface area contributed by atoms with E-state index >= 15 is 0 Å². The molecule has 1 heterocycles. The second-order valence-electron chi connectivity index (χ2n) is 9.69. The van der Waals surface area contributed by atoms with Crippen LogP contribution in [0.4, 0.5) is 20.2 Å². The highest BCUT2D eigenvalue weighted by Gasteiger charge is 2.23. The minimum atomic E-state index is -0.694. The molecule has 4 aromatic carbocycles. The Balaban J connectivity index is 1.17. The lowest BCUT2D eigenvalue weighted by molar-refractivity contribution is 0.0954. The van der Waals surface area contributed by atoms with Gasteiger partial charge in [0.05, 0.1) is 5.69 Å². The minimum Gasteiger partial charge on any atom is -0.361 e. The molecule has 0 saturated heterocycles. The molecule has 5 aromatic rings. The molecule has 6 rings (SSSR count). The number of halogens is 2. The van der Waals surface area contributed by atoms with Gasteiger partial charge in [0.2, 0.25) is 0 Å². The molecule has 0 bridgehead atoms. The molecule has 1 aliphatic rings. The van der Waals surface area contributed by atoms with Crippen LogP contribution in [0.3, 0.4) is 0 Å². The molecule has 5 nitrogen and oxygen atoms in total. The first kappa shape index (κ1) is 24.6. The SMILES string of the molecule is O=C(NCCc1c[nH]c2ccccc12)c1ccc2c(c1)C(=O)c1ccc(Nc3ccc(F)cc3F)cc1CC2. The average Bonchev–Trinajstić information content (AvgIpc) is 3.30. The highest BCUT2D eigenvalue weighted by atomic mass is 19.1. The molecule has 0 saturated carbocycles. The van der Waals surface area contributed by atoms with Crippen molar-refractivity contribution in [2.75, 3.05) is 11.9 Å². The number of para-hydroxylation sites is 1. The fourth-order valence-corrected chi connectivity index (χ4v) is 5.16. The summed E-state index contributed by atoms with van der Waals surface area (Å²) >= 11 is 0. The highest BCUT2D eigenvalue weighted by molar-refractivity contribution is 6.12. The molecule has 1 aromatic heterocycles. The van der Waals surface area contributed by atoms with Gasteiger partial charge in [0.1, 0.15) is 11.6 Å². The van der Waals surface area contributed by atoms with Crippen LogP contribution in [0.15, 0.2) is 85.1 Å². The zero-order valence-corrected chi connectivity index (χ0v) is 21.0. The molecular formula is C32H25F2N3O2. The number of hydrogen-bond acceptors (Lipinski definition) is 3. The Morgan fingerprint density at radius 1 is 0.872 bits per heavy atom. The summed E-state index contributed by atoms with van der Waals surface area (Å²) in [4.78, 5) is 29.7. The maximum Gasteiger partial charge on any atom is 0.251 e. The van der Waals surface area contributed by atoms with Crippen molar-refractivity contribution >= 4 is 34.0 Å². The number of fused-ring (bicyclic) bond motifs is 3. The molecule has 39 heavy (non-hydrogen) atoms. The Kier molecular flexibility index (Phi) is 6.40. The van der Waals surface area contributed by atoms with Crippen LogP contribution in [0.25, 0.3) is 10.9 Å². The zero-order valence-electron chi connectivity index (χ0n) is 21.0. The number of benzene rings is 4. The lowest BCUT2D eigenvalue weighted by Crippen LogP contribution is -2.26. The first-order chi connectivity index (χ1) is 19.0. The summed E-state index contributed by atoms with van der Waals surface area (Å²) in [6, 6.07) is 21.9. The number of anilines is 2. The van der Waals surface area contributed by atoms with Crippen LogP contribution >= 0.6 is 0 Å². The number of rotatable bonds is 6. The number of aromatic amines is 1. The Morgan fingerprint density at radius 3 is 2.59 bits per heavy atom. The summed E-state index contributed by atoms with van der Waals surface area (Å²) in [5.74, 6) is -1.72. The van der Waals surface area contributed by atoms with E-state index in [-0.39, 0.29) is 17.4 Å². The van der Waals surface area contributed by atoms with Gasteiger partial charge in [0.15, 0.2) is 5.78 Å². The number of ketones is 1. The van der Waals surface area contributed by atoms with Gasteiger partial charge in [-0.2, -0.15) is 0 Å². The normalized spacial score (nSPS) is 12.5. The van der Waals surface area contributed by atoms with Gasteiger partial charge in [0, 0.05) is 52.1 Å². The van der Waals surface area contributed by atoms with Crippen molar-refractivity contribution in [3.05, 3.63) is 130 Å². The van der Waals surface area contributed by atoms with Crippen LogP contribution in [-0.4, -0.2) is 23.2 Å². The second kappa shape index (κ2) is 10.2. The van der Waals surface area contributed by atoms with Crippen LogP contribution in [-0.2, 0) is 19.3 Å². The van der Waals surface area contributed by atoms with E-state index < -0.39 is 11.6 Å². The summed E-state index contributed by atoms with van der Waals surface area (Å²) in [5, 5.41) is 7.07. The van der Waals surface area contributed by atoms with Crippen molar-refractivity contribution in [2.45, 2.75) is 19.3 Å². The first-order valence-corrected chi connectivity index (χ1v) is 12.8. The number of carbonyl (C=O) groups is 2. The van der Waals surface area contributed by atoms with E-state index in [1.807, 2.05) is 36.5 Å². The number of amides is 1. The molecule has 7 heteroatoms. The zero-order chi connectivity index (χ0) is 26.9. The summed E-state index contributed by atoms with van der Waals surface area (Å²) in [5.41, 5.74) is 6.17. The summed E-state index contributed by atoms with van der Waals surface area (Å²) in [6.07, 6.45) is 3.90. The topological polar surface area (TPSA) is 74.0 Å². The van der Waals surface area contributed by atoms with E-state index in [0.29, 0.717) is 48.2 Å². The van der Waals surface area contributed by atoms with Gasteiger partial charge >= 0.3 is 0 Å². The van der Waals surface area contributed by atoms with E-state index in [4.69, 9.17) is 0 Å². The van der Waals surface area contributed by atoms with Crippen molar-refractivity contribution in [3.63, 3.8) is 0 Å². The molecule has 194 valence electrons. The molecule has 0 aliphatic heterocycles. The smallest absolute Gasteiger partial charge is 0.251 e. The van der Waals surface area contributed by atoms with Gasteiger partial charge in [-0.15, -0.1) is 0 Å². The van der Waals surface area contributed by atoms with Crippen molar-refractivity contribution in [2.24, 2.45) is 0 Å². The highest BCUT2D eigenvalue weighted by Crippen LogP contribution is 2.29. The molecule has 0 fully saturated rings. The molecule has 0 spiro atoms. The van der Waals surface area contributed by atoms with E-state index in [0.717, 1.165) is 33.7 Å². The fraction of sp³-hybridized carbons (Fsp3) is 0.125. The summed E-state index contributed by atoms with van der Waals surface area (Å²) in [7, 11) is 0. The minimum absolute atomic E-state index is 0.148. The van der Waals surface area contributed by atoms with Crippen molar-refractivity contribution < 1.29 is 18.4 Å². The first-order valence-electron chi connectivity index (χ1n) is 12.8. The van der Waals surface area contributed by atoms with Gasteiger partial charge < -0.3 is 15.6 Å². The predicted molar refractivity (Wildman–Crippen MR) is 148 cm³/mol. The van der Waals surface area contributed by atoms with Crippen molar-refractivity contribution in [3.8, 4) is 0 Å². The molecule has 0 atom stereocenters. The van der Waals surface area contributed by atoms with Crippen LogP contribution in [0, 0.1) is 11.6 Å². The molecule has 0 unspecified atom stereocenters. The number of nitrogens with one attached hydrogen (secondary N) is 3. The molecule has 3 N–H and O–H groups in total. The maximum atomic E-state index is 14.1. The molecular weight excluding hydrogens is 496 g/mol. The number of aromatic nitrogens is 1. The summed E-state index contributed by atoms with van der Waals surface area (Å²) in [6.45, 7) is 0.471. The third kappa shape index (κ3) is 4.91. The van der Waals surface area contributed by atoms with E-state index in [2.05, 4.69) is 21.7 Å². The third-order valence-corrected chi connectivity index (χ3v) is 7.20. The van der Waals surface area contributed by atoms with Gasteiger partial charge in [-0.25, -0.2) is 8.78 Å². The fourth-order valence-electron chi connectivity index (χ4n) is 5.16. The Bertz CT molecular complexity index is 1740. The van der Waals surface area contributed by atoms with E-state index in [1.54, 1.807) is 24.3 Å². The van der Waals surface area contributed by atoms with Crippen LogP contribution < -0.4 is 10.6 Å². The Labute approximate surface area is 223 Å². The Morgan fingerprint density at radius 2 is 1.72 bits per heavy atom. The largest absolute Gasteiger partial charge is 0.361 e. The third-order valence-electron chi connectivity index (χ3n) is 7.20. The van der Waals surface area contributed by atoms with Crippen molar-refractivity contribution in [1.82, 2.24) is 10.3 Å². The lowest BCUT2D eigenvalue weighted by Gasteiger charge is -2.11. The van der Waals surface area contributed by atoms with E-state index in [9.17, 15) is 18.4 Å².